The fourth-order valence-electron chi connectivity index (χ4n) is 3.96. The Morgan fingerprint density at radius 1 is 0.960 bits per heavy atom. The molecular formula is C19H23N3O2S. The van der Waals surface area contributed by atoms with Crippen LogP contribution in [0.4, 0.5) is 5.82 Å². The molecule has 0 saturated carbocycles. The predicted octanol–water partition coefficient (Wildman–Crippen LogP) is 2.80. The Hall–Kier alpha value is -1.95. The van der Waals surface area contributed by atoms with Gasteiger partial charge in [-0.2, -0.15) is 0 Å². The van der Waals surface area contributed by atoms with Gasteiger partial charge in [0.2, 0.25) is 0 Å². The number of hydrogen-bond acceptors (Lipinski definition) is 5. The summed E-state index contributed by atoms with van der Waals surface area (Å²) in [6, 6.07) is 8.81. The van der Waals surface area contributed by atoms with Crippen LogP contribution >= 0.6 is 0 Å². The Labute approximate surface area is 149 Å². The number of aryl methyl sites for hydroxylation is 1. The molecule has 0 atom stereocenters. The van der Waals surface area contributed by atoms with Crippen LogP contribution in [-0.2, 0) is 22.7 Å². The van der Waals surface area contributed by atoms with E-state index in [1.807, 2.05) is 6.07 Å². The number of rotatable bonds is 3. The zero-order valence-corrected chi connectivity index (χ0v) is 15.1. The average molecular weight is 357 g/mol. The van der Waals surface area contributed by atoms with E-state index in [4.69, 9.17) is 0 Å². The summed E-state index contributed by atoms with van der Waals surface area (Å²) in [4.78, 5) is 11.7. The molecule has 0 N–H and O–H groups in total. The normalized spacial score (nSPS) is 18.8. The summed E-state index contributed by atoms with van der Waals surface area (Å²) in [7, 11) is -3.24. The summed E-state index contributed by atoms with van der Waals surface area (Å²) in [6.45, 7) is 1.47. The molecule has 1 aliphatic heterocycles. The van der Waals surface area contributed by atoms with E-state index in [9.17, 15) is 8.42 Å². The maximum absolute atomic E-state index is 12.8. The number of nitrogens with zero attached hydrogens (tertiary/aromatic N) is 3. The first-order valence-corrected chi connectivity index (χ1v) is 10.6. The van der Waals surface area contributed by atoms with Crippen molar-refractivity contribution in [2.75, 3.05) is 18.0 Å². The molecule has 6 heteroatoms. The number of fused-ring (bicyclic) bond motifs is 1. The van der Waals surface area contributed by atoms with E-state index >= 15 is 0 Å². The number of aromatic nitrogens is 2. The maximum Gasteiger partial charge on any atom is 0.181 e. The Bertz CT molecular complexity index is 844. The van der Waals surface area contributed by atoms with E-state index < -0.39 is 9.84 Å². The van der Waals surface area contributed by atoms with Gasteiger partial charge in [0, 0.05) is 24.3 Å². The second-order valence-electron chi connectivity index (χ2n) is 6.87. The maximum atomic E-state index is 12.8. The predicted molar refractivity (Wildman–Crippen MR) is 97.5 cm³/mol. The van der Waals surface area contributed by atoms with Crippen LogP contribution in [0.3, 0.4) is 0 Å². The molecule has 2 heterocycles. The second kappa shape index (κ2) is 6.75. The molecule has 0 unspecified atom stereocenters. The summed E-state index contributed by atoms with van der Waals surface area (Å²) < 4.78 is 25.6. The lowest BCUT2D eigenvalue weighted by atomic mass is 9.95. The van der Waals surface area contributed by atoms with E-state index in [2.05, 4.69) is 14.9 Å². The highest BCUT2D eigenvalue weighted by Gasteiger charge is 2.32. The Kier molecular flexibility index (Phi) is 4.46. The highest BCUT2D eigenvalue weighted by atomic mass is 32.2. The molecule has 1 saturated heterocycles. The number of benzene rings is 1. The van der Waals surface area contributed by atoms with Gasteiger partial charge in [-0.15, -0.1) is 0 Å². The molecule has 2 aliphatic rings. The fraction of sp³-hybridized carbons (Fsp3) is 0.474. The molecule has 0 amide bonds. The third-order valence-electron chi connectivity index (χ3n) is 5.35. The molecule has 1 aromatic heterocycles. The van der Waals surface area contributed by atoms with Gasteiger partial charge in [0.05, 0.1) is 10.1 Å². The Morgan fingerprint density at radius 2 is 1.68 bits per heavy atom. The van der Waals surface area contributed by atoms with Gasteiger partial charge in [-0.05, 0) is 50.7 Å². The molecule has 4 rings (SSSR count). The van der Waals surface area contributed by atoms with Crippen molar-refractivity contribution in [2.45, 2.75) is 48.7 Å². The van der Waals surface area contributed by atoms with Crippen molar-refractivity contribution in [1.29, 1.82) is 0 Å². The van der Waals surface area contributed by atoms with Gasteiger partial charge in [0.1, 0.15) is 12.1 Å². The quantitative estimate of drug-likeness (QED) is 0.845. The lowest BCUT2D eigenvalue weighted by Gasteiger charge is -2.34. The van der Waals surface area contributed by atoms with E-state index in [1.165, 1.54) is 24.1 Å². The molecule has 1 aliphatic carbocycles. The van der Waals surface area contributed by atoms with Crippen LogP contribution in [-0.4, -0.2) is 36.7 Å². The smallest absolute Gasteiger partial charge is 0.181 e. The van der Waals surface area contributed by atoms with Gasteiger partial charge >= 0.3 is 0 Å². The van der Waals surface area contributed by atoms with Gasteiger partial charge in [-0.25, -0.2) is 18.4 Å². The van der Waals surface area contributed by atoms with Crippen LogP contribution in [0, 0.1) is 0 Å². The first-order valence-electron chi connectivity index (χ1n) is 9.03. The van der Waals surface area contributed by atoms with Crippen molar-refractivity contribution >= 4 is 15.7 Å². The zero-order chi connectivity index (χ0) is 17.3. The number of hydrogen-bond donors (Lipinski definition) is 0. The second-order valence-corrected chi connectivity index (χ2v) is 9.10. The number of sulfone groups is 1. The first kappa shape index (κ1) is 16.5. The molecule has 132 valence electrons. The van der Waals surface area contributed by atoms with Crippen LogP contribution < -0.4 is 4.90 Å². The summed E-state index contributed by atoms with van der Waals surface area (Å²) in [5.41, 5.74) is 2.45. The molecule has 1 fully saturated rings. The van der Waals surface area contributed by atoms with Gasteiger partial charge < -0.3 is 4.90 Å². The monoisotopic (exact) mass is 357 g/mol. The van der Waals surface area contributed by atoms with E-state index in [1.54, 1.807) is 30.6 Å². The summed E-state index contributed by atoms with van der Waals surface area (Å²) >= 11 is 0. The largest absolute Gasteiger partial charge is 0.356 e. The van der Waals surface area contributed by atoms with Gasteiger partial charge in [-0.3, -0.25) is 0 Å². The van der Waals surface area contributed by atoms with E-state index in [0.29, 0.717) is 17.7 Å². The average Bonchev–Trinajstić information content (AvgIpc) is 2.68. The van der Waals surface area contributed by atoms with Crippen molar-refractivity contribution in [2.24, 2.45) is 0 Å². The van der Waals surface area contributed by atoms with Gasteiger partial charge in [0.15, 0.2) is 9.84 Å². The van der Waals surface area contributed by atoms with Crippen molar-refractivity contribution in [3.63, 3.8) is 0 Å². The molecule has 0 bridgehead atoms. The minimum Gasteiger partial charge on any atom is -0.356 e. The van der Waals surface area contributed by atoms with Crippen LogP contribution in [0.25, 0.3) is 0 Å². The highest BCUT2D eigenvalue weighted by Crippen LogP contribution is 2.31. The Balaban J connectivity index is 1.51. The van der Waals surface area contributed by atoms with Gasteiger partial charge in [-0.1, -0.05) is 18.2 Å². The molecule has 0 spiro atoms. The summed E-state index contributed by atoms with van der Waals surface area (Å²) in [5.74, 6) is 1.03. The van der Waals surface area contributed by atoms with Gasteiger partial charge in [0.25, 0.3) is 0 Å². The molecule has 2 aromatic rings. The number of piperidine rings is 1. The van der Waals surface area contributed by atoms with Crippen LogP contribution in [0.2, 0.25) is 0 Å². The standard InChI is InChI=1S/C19H23N3O2S/c23-25(24,15-6-2-1-3-7-15)16-10-12-22(13-11-16)19-17-8-4-5-9-18(17)20-14-21-19/h1-3,6-7,14,16H,4-5,8-13H2. The lowest BCUT2D eigenvalue weighted by molar-refractivity contribution is 0.525. The van der Waals surface area contributed by atoms with Crippen molar-refractivity contribution < 1.29 is 8.42 Å². The lowest BCUT2D eigenvalue weighted by Crippen LogP contribution is -2.40. The number of anilines is 1. The minimum absolute atomic E-state index is 0.302. The Morgan fingerprint density at radius 3 is 2.44 bits per heavy atom. The molecular weight excluding hydrogens is 334 g/mol. The zero-order valence-electron chi connectivity index (χ0n) is 14.3. The fourth-order valence-corrected chi connectivity index (χ4v) is 5.71. The minimum atomic E-state index is -3.24. The topological polar surface area (TPSA) is 63.2 Å². The highest BCUT2D eigenvalue weighted by molar-refractivity contribution is 7.92. The van der Waals surface area contributed by atoms with Crippen molar-refractivity contribution in [1.82, 2.24) is 9.97 Å². The molecule has 1 aromatic carbocycles. The van der Waals surface area contributed by atoms with Crippen molar-refractivity contribution in [3.05, 3.63) is 47.9 Å². The third-order valence-corrected chi connectivity index (χ3v) is 7.63. The SMILES string of the molecule is O=S(=O)(c1ccccc1)C1CCN(c2ncnc3c2CCCC3)CC1. The first-order chi connectivity index (χ1) is 12.2. The summed E-state index contributed by atoms with van der Waals surface area (Å²) in [5, 5.41) is -0.302. The summed E-state index contributed by atoms with van der Waals surface area (Å²) in [6.07, 6.45) is 7.41. The van der Waals surface area contributed by atoms with Crippen molar-refractivity contribution in [3.8, 4) is 0 Å². The molecule has 25 heavy (non-hydrogen) atoms. The molecule has 0 radical (unpaired) electrons. The molecule has 5 nitrogen and oxygen atoms in total. The van der Waals surface area contributed by atoms with E-state index in [-0.39, 0.29) is 5.25 Å². The van der Waals surface area contributed by atoms with Crippen LogP contribution in [0.5, 0.6) is 0 Å². The van der Waals surface area contributed by atoms with Crippen LogP contribution in [0.15, 0.2) is 41.6 Å². The van der Waals surface area contributed by atoms with E-state index in [0.717, 1.165) is 31.7 Å². The third kappa shape index (κ3) is 3.15. The van der Waals surface area contributed by atoms with Crippen LogP contribution in [0.1, 0.15) is 36.9 Å².